The van der Waals surface area contributed by atoms with Gasteiger partial charge in [-0.05, 0) is 37.6 Å². The molecule has 0 saturated heterocycles. The van der Waals surface area contributed by atoms with Gasteiger partial charge in [0.25, 0.3) is 11.5 Å². The second-order valence-corrected chi connectivity index (χ2v) is 7.60. The Morgan fingerprint density at radius 3 is 2.52 bits per heavy atom. The number of nitrogens with two attached hydrogens (primary N) is 1. The van der Waals surface area contributed by atoms with Crippen molar-refractivity contribution in [3.63, 3.8) is 0 Å². The Morgan fingerprint density at radius 2 is 1.79 bits per heavy atom. The zero-order valence-electron chi connectivity index (χ0n) is 18.2. The van der Waals surface area contributed by atoms with E-state index >= 15 is 0 Å². The highest BCUT2D eigenvalue weighted by molar-refractivity contribution is 5.97. The molecule has 2 aromatic carbocycles. The van der Waals surface area contributed by atoms with Gasteiger partial charge in [0.2, 0.25) is 0 Å². The summed E-state index contributed by atoms with van der Waals surface area (Å²) in [6, 6.07) is 11.8. The van der Waals surface area contributed by atoms with Crippen molar-refractivity contribution >= 4 is 38.9 Å². The number of aliphatic carboxylic acids is 1. The van der Waals surface area contributed by atoms with E-state index in [-0.39, 0.29) is 5.56 Å². The second kappa shape index (κ2) is 9.58. The van der Waals surface area contributed by atoms with Crippen LogP contribution in [-0.2, 0) is 11.3 Å². The number of para-hydroxylation sites is 1. The van der Waals surface area contributed by atoms with Crippen molar-refractivity contribution in [3.8, 4) is 11.3 Å². The number of carbonyl (C=O) groups is 1. The minimum atomic E-state index is -0.833. The summed E-state index contributed by atoms with van der Waals surface area (Å²) >= 11 is 0. The fraction of sp³-hybridized carbons (Fsp3) is 0.208. The van der Waals surface area contributed by atoms with Gasteiger partial charge in [0.1, 0.15) is 5.69 Å². The van der Waals surface area contributed by atoms with Gasteiger partial charge < -0.3 is 20.4 Å². The number of unbranched alkanes of at least 4 members (excludes halogenated alkanes) is 1. The van der Waals surface area contributed by atoms with Crippen LogP contribution in [-0.4, -0.2) is 42.1 Å². The van der Waals surface area contributed by atoms with Gasteiger partial charge in [0.05, 0.1) is 22.1 Å². The molecule has 33 heavy (non-hydrogen) atoms. The summed E-state index contributed by atoms with van der Waals surface area (Å²) in [5.41, 5.74) is 10.6. The maximum atomic E-state index is 12.9. The quantitative estimate of drug-likeness (QED) is 0.279. The Morgan fingerprint density at radius 1 is 1.09 bits per heavy atom. The zero-order chi connectivity index (χ0) is 23.4. The lowest BCUT2D eigenvalue weighted by Gasteiger charge is -2.04. The molecule has 0 saturated carbocycles. The van der Waals surface area contributed by atoms with Gasteiger partial charge in [-0.15, -0.1) is 0 Å². The number of nitrogens with one attached hydrogen (secondary N) is 1. The van der Waals surface area contributed by atoms with Crippen molar-refractivity contribution in [3.05, 3.63) is 65.3 Å². The Bertz CT molecular complexity index is 1500. The maximum Gasteiger partial charge on any atom is 0.300 e. The summed E-state index contributed by atoms with van der Waals surface area (Å²) in [5, 5.41) is 8.43. The number of carboxylic acid groups (broad SMARTS) is 1. The summed E-state index contributed by atoms with van der Waals surface area (Å²) in [6.07, 6.45) is 7.25. The molecule has 0 aliphatic carbocycles. The Labute approximate surface area is 188 Å². The first-order valence-electron chi connectivity index (χ1n) is 10.6. The average Bonchev–Trinajstić information content (AvgIpc) is 3.16. The highest BCUT2D eigenvalue weighted by atomic mass is 16.4. The Balaban J connectivity index is 0.000000601. The van der Waals surface area contributed by atoms with E-state index in [1.165, 1.54) is 0 Å². The van der Waals surface area contributed by atoms with E-state index in [1.807, 2.05) is 36.5 Å². The normalized spacial score (nSPS) is 11.0. The molecule has 5 aromatic rings. The van der Waals surface area contributed by atoms with E-state index in [2.05, 4.69) is 25.6 Å². The molecule has 0 unspecified atom stereocenters. The van der Waals surface area contributed by atoms with Crippen LogP contribution in [0.1, 0.15) is 19.8 Å². The molecule has 0 bridgehead atoms. The van der Waals surface area contributed by atoms with Crippen molar-refractivity contribution in [2.75, 3.05) is 6.54 Å². The molecule has 4 N–H and O–H groups in total. The molecule has 0 amide bonds. The van der Waals surface area contributed by atoms with Crippen LogP contribution in [0.4, 0.5) is 0 Å². The molecule has 9 heteroatoms. The molecule has 168 valence electrons. The second-order valence-electron chi connectivity index (χ2n) is 7.60. The van der Waals surface area contributed by atoms with Gasteiger partial charge in [0, 0.05) is 48.5 Å². The van der Waals surface area contributed by atoms with Crippen molar-refractivity contribution in [1.29, 1.82) is 0 Å². The van der Waals surface area contributed by atoms with Crippen LogP contribution in [0, 0.1) is 0 Å². The van der Waals surface area contributed by atoms with Gasteiger partial charge in [-0.2, -0.15) is 0 Å². The molecule has 0 aliphatic rings. The number of nitrogens with zero attached hydrogens (tertiary/aromatic N) is 4. The molecule has 0 radical (unpaired) electrons. The van der Waals surface area contributed by atoms with E-state index < -0.39 is 5.97 Å². The predicted molar refractivity (Wildman–Crippen MR) is 128 cm³/mol. The van der Waals surface area contributed by atoms with E-state index in [4.69, 9.17) is 20.6 Å². The van der Waals surface area contributed by atoms with E-state index in [0.717, 1.165) is 53.8 Å². The highest BCUT2D eigenvalue weighted by Gasteiger charge is 2.15. The number of benzene rings is 2. The lowest BCUT2D eigenvalue weighted by atomic mass is 10.1. The molecule has 3 aromatic heterocycles. The number of fused-ring (bicyclic) bond motifs is 3. The van der Waals surface area contributed by atoms with E-state index in [0.29, 0.717) is 23.3 Å². The van der Waals surface area contributed by atoms with Crippen LogP contribution < -0.4 is 11.3 Å². The third kappa shape index (κ3) is 4.73. The molecule has 0 atom stereocenters. The molecule has 5 rings (SSSR count). The largest absolute Gasteiger partial charge is 0.481 e. The molecule has 9 nitrogen and oxygen atoms in total. The number of carboxylic acids is 1. The fourth-order valence-corrected chi connectivity index (χ4v) is 3.77. The van der Waals surface area contributed by atoms with Gasteiger partial charge in [-0.25, -0.2) is 4.98 Å². The first-order valence-corrected chi connectivity index (χ1v) is 10.6. The molecular weight excluding hydrogens is 420 g/mol. The van der Waals surface area contributed by atoms with Crippen LogP contribution >= 0.6 is 0 Å². The van der Waals surface area contributed by atoms with Crippen LogP contribution in [0.15, 0.2) is 59.8 Å². The topological polar surface area (TPSA) is 140 Å². The average molecular weight is 444 g/mol. The highest BCUT2D eigenvalue weighted by Crippen LogP contribution is 2.29. The van der Waals surface area contributed by atoms with E-state index in [9.17, 15) is 4.79 Å². The number of aromatic nitrogens is 5. The minimum Gasteiger partial charge on any atom is -0.481 e. The number of hydrogen-bond donors (Lipinski definition) is 3. The Kier molecular flexibility index (Phi) is 6.41. The SMILES string of the molecule is CC(=O)O.NCCCCn1cc(-c2nc3cc4nccnc4cc3[nH]c2=O)c2ccccc21. The third-order valence-electron chi connectivity index (χ3n) is 5.18. The summed E-state index contributed by atoms with van der Waals surface area (Å²) in [5.74, 6) is -0.833. The number of rotatable bonds is 5. The monoisotopic (exact) mass is 444 g/mol. The molecule has 0 spiro atoms. The first-order chi connectivity index (χ1) is 16.0. The van der Waals surface area contributed by atoms with Gasteiger partial charge in [-0.1, -0.05) is 18.2 Å². The first kappa shape index (κ1) is 22.1. The van der Waals surface area contributed by atoms with E-state index in [1.54, 1.807) is 12.4 Å². The lowest BCUT2D eigenvalue weighted by Crippen LogP contribution is -2.11. The van der Waals surface area contributed by atoms with Gasteiger partial charge in [0.15, 0.2) is 0 Å². The standard InChI is InChI=1S/C22H20N6O.C2H4O2/c23-7-3-4-10-28-13-15(14-5-1-2-6-20(14)28)21-22(29)27-19-12-17-16(11-18(19)26-21)24-8-9-25-17;1-2(3)4/h1-2,5-6,8-9,11-13H,3-4,7,10,23H2,(H,27,29);1H3,(H,3,4). The van der Waals surface area contributed by atoms with Crippen LogP contribution in [0.5, 0.6) is 0 Å². The third-order valence-corrected chi connectivity index (χ3v) is 5.18. The number of aromatic amines is 1. The number of aryl methyl sites for hydroxylation is 1. The van der Waals surface area contributed by atoms with Crippen LogP contribution in [0.25, 0.3) is 44.2 Å². The minimum absolute atomic E-state index is 0.217. The van der Waals surface area contributed by atoms with Crippen LogP contribution in [0.2, 0.25) is 0 Å². The van der Waals surface area contributed by atoms with Crippen molar-refractivity contribution in [2.24, 2.45) is 5.73 Å². The summed E-state index contributed by atoms with van der Waals surface area (Å²) < 4.78 is 2.18. The molecular formula is C24H24N6O3. The van der Waals surface area contributed by atoms with Crippen molar-refractivity contribution in [1.82, 2.24) is 24.5 Å². The lowest BCUT2D eigenvalue weighted by molar-refractivity contribution is -0.134. The summed E-state index contributed by atoms with van der Waals surface area (Å²) in [7, 11) is 0. The molecule has 0 aliphatic heterocycles. The van der Waals surface area contributed by atoms with Crippen molar-refractivity contribution < 1.29 is 9.90 Å². The van der Waals surface area contributed by atoms with Gasteiger partial charge >= 0.3 is 0 Å². The maximum absolute atomic E-state index is 12.9. The summed E-state index contributed by atoms with van der Waals surface area (Å²) in [4.78, 5) is 38.2. The van der Waals surface area contributed by atoms with Gasteiger partial charge in [-0.3, -0.25) is 19.6 Å². The number of hydrogen-bond acceptors (Lipinski definition) is 6. The van der Waals surface area contributed by atoms with Crippen molar-refractivity contribution in [2.45, 2.75) is 26.3 Å². The van der Waals surface area contributed by atoms with Crippen LogP contribution in [0.3, 0.4) is 0 Å². The summed E-state index contributed by atoms with van der Waals surface area (Å²) in [6.45, 7) is 2.61. The number of H-pyrrole nitrogens is 1. The molecule has 0 fully saturated rings. The smallest absolute Gasteiger partial charge is 0.300 e. The molecule has 3 heterocycles. The zero-order valence-corrected chi connectivity index (χ0v) is 18.2. The Hall–Kier alpha value is -4.11. The predicted octanol–water partition coefficient (Wildman–Crippen LogP) is 3.32. The fourth-order valence-electron chi connectivity index (χ4n) is 3.77.